The minimum absolute atomic E-state index is 0.251. The van der Waals surface area contributed by atoms with Gasteiger partial charge in [0.25, 0.3) is 5.91 Å². The van der Waals surface area contributed by atoms with Gasteiger partial charge in [0.15, 0.2) is 0 Å². The molecule has 33 heavy (non-hydrogen) atoms. The van der Waals surface area contributed by atoms with Crippen LogP contribution in [0.3, 0.4) is 0 Å². The predicted octanol–water partition coefficient (Wildman–Crippen LogP) is 4.98. The van der Waals surface area contributed by atoms with Crippen LogP contribution in [0.5, 0.6) is 0 Å². The maximum atomic E-state index is 13.2. The number of halogens is 2. The van der Waals surface area contributed by atoms with Crippen LogP contribution in [0.4, 0.5) is 9.52 Å². The maximum Gasteiger partial charge on any atom is 0.251 e. The molecule has 0 aliphatic carbocycles. The van der Waals surface area contributed by atoms with Crippen molar-refractivity contribution >= 4 is 39.9 Å². The van der Waals surface area contributed by atoms with Crippen LogP contribution in [0, 0.1) is 5.82 Å². The van der Waals surface area contributed by atoms with E-state index in [1.165, 1.54) is 35.6 Å². The van der Waals surface area contributed by atoms with Gasteiger partial charge in [-0.2, -0.15) is 0 Å². The molecule has 0 aliphatic heterocycles. The van der Waals surface area contributed by atoms with Crippen molar-refractivity contribution in [2.45, 2.75) is 12.5 Å². The van der Waals surface area contributed by atoms with Crippen LogP contribution < -0.4 is 10.6 Å². The van der Waals surface area contributed by atoms with Crippen molar-refractivity contribution in [3.05, 3.63) is 101 Å². The van der Waals surface area contributed by atoms with E-state index in [0.29, 0.717) is 15.2 Å². The van der Waals surface area contributed by atoms with Gasteiger partial charge < -0.3 is 5.32 Å². The molecular formula is C24H18ClFN4O2S. The Labute approximate surface area is 198 Å². The molecule has 1 unspecified atom stereocenters. The first kappa shape index (κ1) is 22.6. The number of carbonyl (C=O) groups excluding carboxylic acids is 2. The smallest absolute Gasteiger partial charge is 0.251 e. The molecule has 3 aromatic carbocycles. The summed E-state index contributed by atoms with van der Waals surface area (Å²) >= 11 is 7.23. The highest BCUT2D eigenvalue weighted by atomic mass is 35.5. The largest absolute Gasteiger partial charge is 0.340 e. The van der Waals surface area contributed by atoms with Gasteiger partial charge in [0, 0.05) is 22.6 Å². The number of anilines is 1. The first-order valence-electron chi connectivity index (χ1n) is 9.98. The fourth-order valence-corrected chi connectivity index (χ4v) is 4.04. The molecule has 0 saturated carbocycles. The van der Waals surface area contributed by atoms with Gasteiger partial charge in [-0.25, -0.2) is 4.39 Å². The Kier molecular flexibility index (Phi) is 7.07. The quantitative estimate of drug-likeness (QED) is 0.391. The monoisotopic (exact) mass is 480 g/mol. The Morgan fingerprint density at radius 2 is 1.73 bits per heavy atom. The zero-order chi connectivity index (χ0) is 23.2. The van der Waals surface area contributed by atoms with E-state index in [1.54, 1.807) is 18.2 Å². The number of hydrogen-bond donors (Lipinski definition) is 2. The number of nitrogens with zero attached hydrogens (tertiary/aromatic N) is 2. The lowest BCUT2D eigenvalue weighted by Crippen LogP contribution is -2.45. The SMILES string of the molecule is O=C(NC(Cc1ccccc1)C(=O)Nc1nnc(-c2cccc(Cl)c2)s1)c1ccc(F)cc1. The van der Waals surface area contributed by atoms with Crippen LogP contribution in [0.15, 0.2) is 78.9 Å². The first-order valence-corrected chi connectivity index (χ1v) is 11.2. The molecule has 1 atom stereocenters. The van der Waals surface area contributed by atoms with Crippen molar-refractivity contribution in [3.8, 4) is 10.6 Å². The van der Waals surface area contributed by atoms with E-state index >= 15 is 0 Å². The third-order valence-electron chi connectivity index (χ3n) is 4.74. The second-order valence-corrected chi connectivity index (χ2v) is 8.55. The topological polar surface area (TPSA) is 84.0 Å². The van der Waals surface area contributed by atoms with E-state index in [2.05, 4.69) is 20.8 Å². The fraction of sp³-hybridized carbons (Fsp3) is 0.0833. The van der Waals surface area contributed by atoms with Gasteiger partial charge in [0.05, 0.1) is 0 Å². The van der Waals surface area contributed by atoms with Gasteiger partial charge >= 0.3 is 0 Å². The summed E-state index contributed by atoms with van der Waals surface area (Å²) in [6, 6.07) is 20.7. The molecule has 4 aromatic rings. The Balaban J connectivity index is 1.51. The van der Waals surface area contributed by atoms with Crippen molar-refractivity contribution in [3.63, 3.8) is 0 Å². The van der Waals surface area contributed by atoms with Gasteiger partial charge in [0.1, 0.15) is 16.9 Å². The van der Waals surface area contributed by atoms with E-state index in [1.807, 2.05) is 36.4 Å². The lowest BCUT2D eigenvalue weighted by molar-refractivity contribution is -0.118. The van der Waals surface area contributed by atoms with Crippen LogP contribution in [-0.4, -0.2) is 28.1 Å². The molecule has 0 fully saturated rings. The normalized spacial score (nSPS) is 11.6. The molecular weight excluding hydrogens is 463 g/mol. The number of rotatable bonds is 7. The van der Waals surface area contributed by atoms with Crippen molar-refractivity contribution in [1.29, 1.82) is 0 Å². The van der Waals surface area contributed by atoms with Crippen LogP contribution in [0.1, 0.15) is 15.9 Å². The highest BCUT2D eigenvalue weighted by Crippen LogP contribution is 2.28. The third kappa shape index (κ3) is 6.00. The van der Waals surface area contributed by atoms with E-state index in [-0.39, 0.29) is 12.0 Å². The fourth-order valence-electron chi connectivity index (χ4n) is 3.11. The van der Waals surface area contributed by atoms with Crippen LogP contribution in [-0.2, 0) is 11.2 Å². The zero-order valence-corrected chi connectivity index (χ0v) is 18.7. The molecule has 1 heterocycles. The summed E-state index contributed by atoms with van der Waals surface area (Å²) in [6.45, 7) is 0. The van der Waals surface area contributed by atoms with E-state index < -0.39 is 23.7 Å². The molecule has 0 aliphatic rings. The Hall–Kier alpha value is -3.62. The number of amides is 2. The summed E-state index contributed by atoms with van der Waals surface area (Å²) in [4.78, 5) is 25.8. The lowest BCUT2D eigenvalue weighted by atomic mass is 10.0. The molecule has 166 valence electrons. The summed E-state index contributed by atoms with van der Waals surface area (Å²) in [6.07, 6.45) is 0.263. The molecule has 0 saturated heterocycles. The standard InChI is InChI=1S/C24H18ClFN4O2S/c25-18-8-4-7-17(14-18)23-29-30-24(33-23)28-22(32)20(13-15-5-2-1-3-6-15)27-21(31)16-9-11-19(26)12-10-16/h1-12,14,20H,13H2,(H,27,31)(H,28,30,32). The average molecular weight is 481 g/mol. The summed E-state index contributed by atoms with van der Waals surface area (Å²) < 4.78 is 13.2. The van der Waals surface area contributed by atoms with Crippen molar-refractivity contribution in [2.75, 3.05) is 5.32 Å². The highest BCUT2D eigenvalue weighted by molar-refractivity contribution is 7.18. The summed E-state index contributed by atoms with van der Waals surface area (Å²) in [5.41, 5.74) is 1.90. The van der Waals surface area contributed by atoms with Gasteiger partial charge in [-0.3, -0.25) is 14.9 Å². The zero-order valence-electron chi connectivity index (χ0n) is 17.2. The first-order chi connectivity index (χ1) is 16.0. The third-order valence-corrected chi connectivity index (χ3v) is 5.86. The molecule has 2 N–H and O–H groups in total. The second-order valence-electron chi connectivity index (χ2n) is 7.13. The predicted molar refractivity (Wildman–Crippen MR) is 127 cm³/mol. The summed E-state index contributed by atoms with van der Waals surface area (Å²) in [5, 5.41) is 15.1. The van der Waals surface area contributed by atoms with Gasteiger partial charge in [-0.1, -0.05) is 65.4 Å². The molecule has 0 spiro atoms. The minimum Gasteiger partial charge on any atom is -0.340 e. The number of aromatic nitrogens is 2. The maximum absolute atomic E-state index is 13.2. The minimum atomic E-state index is -0.886. The molecule has 6 nitrogen and oxygen atoms in total. The molecule has 4 rings (SSSR count). The lowest BCUT2D eigenvalue weighted by Gasteiger charge is -2.18. The average Bonchev–Trinajstić information content (AvgIpc) is 3.28. The molecule has 0 bridgehead atoms. The Morgan fingerprint density at radius 3 is 2.45 bits per heavy atom. The number of nitrogens with one attached hydrogen (secondary N) is 2. The number of benzene rings is 3. The van der Waals surface area contributed by atoms with Crippen LogP contribution in [0.25, 0.3) is 10.6 Å². The van der Waals surface area contributed by atoms with Crippen LogP contribution >= 0.6 is 22.9 Å². The van der Waals surface area contributed by atoms with E-state index in [0.717, 1.165) is 11.1 Å². The molecule has 0 radical (unpaired) electrons. The van der Waals surface area contributed by atoms with Gasteiger partial charge in [-0.05, 0) is 42.0 Å². The Bertz CT molecular complexity index is 1260. The highest BCUT2D eigenvalue weighted by Gasteiger charge is 2.23. The molecule has 2 amide bonds. The Morgan fingerprint density at radius 1 is 0.970 bits per heavy atom. The van der Waals surface area contributed by atoms with Crippen molar-refractivity contribution in [1.82, 2.24) is 15.5 Å². The summed E-state index contributed by atoms with van der Waals surface area (Å²) in [5.74, 6) is -1.37. The van der Waals surface area contributed by atoms with Gasteiger partial charge in [-0.15, -0.1) is 10.2 Å². The summed E-state index contributed by atoms with van der Waals surface area (Å²) in [7, 11) is 0. The number of hydrogen-bond acceptors (Lipinski definition) is 5. The molecule has 1 aromatic heterocycles. The second kappa shape index (κ2) is 10.3. The van der Waals surface area contributed by atoms with Crippen LogP contribution in [0.2, 0.25) is 5.02 Å². The van der Waals surface area contributed by atoms with Crippen molar-refractivity contribution in [2.24, 2.45) is 0 Å². The van der Waals surface area contributed by atoms with Gasteiger partial charge in [0.2, 0.25) is 11.0 Å². The molecule has 9 heteroatoms. The van der Waals surface area contributed by atoms with Crippen molar-refractivity contribution < 1.29 is 14.0 Å². The van der Waals surface area contributed by atoms with E-state index in [4.69, 9.17) is 11.6 Å². The number of carbonyl (C=O) groups is 2. The van der Waals surface area contributed by atoms with E-state index in [9.17, 15) is 14.0 Å².